The first-order chi connectivity index (χ1) is 3.84. The summed E-state index contributed by atoms with van der Waals surface area (Å²) in [5, 5.41) is 11.7. The third-order valence-corrected chi connectivity index (χ3v) is 1.63. The van der Waals surface area contributed by atoms with Gasteiger partial charge in [-0.05, 0) is 0 Å². The molecule has 0 bridgehead atoms. The topological polar surface area (TPSA) is 58.3 Å². The van der Waals surface area contributed by atoms with Gasteiger partial charge in [-0.25, -0.2) is 0 Å². The number of nitrogens with two attached hydrogens (primary N) is 1. The van der Waals surface area contributed by atoms with Gasteiger partial charge in [-0.3, -0.25) is 0 Å². The summed E-state index contributed by atoms with van der Waals surface area (Å²) in [6.07, 6.45) is 0. The first-order valence-electron chi connectivity index (χ1n) is 2.91. The van der Waals surface area contributed by atoms with Gasteiger partial charge in [0.15, 0.2) is 0 Å². The lowest BCUT2D eigenvalue weighted by molar-refractivity contribution is 0.227. The summed E-state index contributed by atoms with van der Waals surface area (Å²) in [7, 11) is 0. The Morgan fingerprint density at radius 1 is 1.62 bits per heavy atom. The van der Waals surface area contributed by atoms with E-state index < -0.39 is 0 Å². The Morgan fingerprint density at radius 3 is 2.62 bits per heavy atom. The molecule has 0 spiro atoms. The van der Waals surface area contributed by atoms with Gasteiger partial charge in [0.25, 0.3) is 0 Å². The van der Waals surface area contributed by atoms with E-state index in [0.717, 1.165) is 13.1 Å². The monoisotopic (exact) mass is 116 g/mol. The number of rotatable bonds is 1. The lowest BCUT2D eigenvalue weighted by Gasteiger charge is -2.08. The zero-order chi connectivity index (χ0) is 5.98. The van der Waals surface area contributed by atoms with Gasteiger partial charge < -0.3 is 16.2 Å². The summed E-state index contributed by atoms with van der Waals surface area (Å²) in [6.45, 7) is 1.94. The average Bonchev–Trinajstić information content (AvgIpc) is 2.14. The fraction of sp³-hybridized carbons (Fsp3) is 1.00. The average molecular weight is 116 g/mol. The minimum Gasteiger partial charge on any atom is -0.396 e. The number of aliphatic hydroxyl groups is 1. The Kier molecular flexibility index (Phi) is 1.83. The van der Waals surface area contributed by atoms with Crippen molar-refractivity contribution < 1.29 is 5.11 Å². The molecule has 0 aromatic rings. The van der Waals surface area contributed by atoms with Crippen LogP contribution in [-0.2, 0) is 0 Å². The summed E-state index contributed by atoms with van der Waals surface area (Å²) >= 11 is 0. The van der Waals surface area contributed by atoms with Crippen LogP contribution in [0.25, 0.3) is 0 Å². The molecule has 8 heavy (non-hydrogen) atoms. The van der Waals surface area contributed by atoms with Gasteiger partial charge in [0.2, 0.25) is 0 Å². The Hall–Kier alpha value is -0.120. The summed E-state index contributed by atoms with van der Waals surface area (Å²) in [5.74, 6) is 0.287. The highest BCUT2D eigenvalue weighted by molar-refractivity contribution is 4.82. The van der Waals surface area contributed by atoms with Crippen LogP contribution in [0, 0.1) is 5.92 Å². The molecule has 0 amide bonds. The maximum absolute atomic E-state index is 8.62. The number of hydrogen-bond donors (Lipinski definition) is 3. The summed E-state index contributed by atoms with van der Waals surface area (Å²) < 4.78 is 0. The molecule has 2 atom stereocenters. The van der Waals surface area contributed by atoms with Crippen molar-refractivity contribution in [1.29, 1.82) is 0 Å². The lowest BCUT2D eigenvalue weighted by atomic mass is 10.1. The second-order valence-electron chi connectivity index (χ2n) is 2.26. The number of hydrogen-bond acceptors (Lipinski definition) is 3. The molecule has 0 aromatic carbocycles. The van der Waals surface area contributed by atoms with Crippen LogP contribution in [0.3, 0.4) is 0 Å². The highest BCUT2D eigenvalue weighted by Crippen LogP contribution is 2.03. The van der Waals surface area contributed by atoms with E-state index in [4.69, 9.17) is 10.8 Å². The zero-order valence-electron chi connectivity index (χ0n) is 4.80. The summed E-state index contributed by atoms with van der Waals surface area (Å²) in [4.78, 5) is 0. The molecule has 3 heteroatoms. The van der Waals surface area contributed by atoms with Gasteiger partial charge in [0.05, 0.1) is 0 Å². The predicted molar refractivity (Wildman–Crippen MR) is 31.4 cm³/mol. The Labute approximate surface area is 48.9 Å². The van der Waals surface area contributed by atoms with E-state index in [0.29, 0.717) is 0 Å². The summed E-state index contributed by atoms with van der Waals surface area (Å²) in [6, 6.07) is 0.167. The van der Waals surface area contributed by atoms with Crippen LogP contribution in [0.5, 0.6) is 0 Å². The van der Waals surface area contributed by atoms with Gasteiger partial charge in [-0.1, -0.05) is 0 Å². The zero-order valence-corrected chi connectivity index (χ0v) is 4.80. The SMILES string of the molecule is N[C@@H]1CNCC1CO. The smallest absolute Gasteiger partial charge is 0.0486 e. The molecule has 1 aliphatic rings. The van der Waals surface area contributed by atoms with Crippen molar-refractivity contribution in [2.24, 2.45) is 11.7 Å². The fourth-order valence-corrected chi connectivity index (χ4v) is 0.953. The number of aliphatic hydroxyl groups excluding tert-OH is 1. The van der Waals surface area contributed by atoms with Gasteiger partial charge in [-0.15, -0.1) is 0 Å². The van der Waals surface area contributed by atoms with E-state index in [1.807, 2.05) is 0 Å². The van der Waals surface area contributed by atoms with E-state index in [-0.39, 0.29) is 18.6 Å². The second kappa shape index (κ2) is 2.44. The normalized spacial score (nSPS) is 38.2. The van der Waals surface area contributed by atoms with E-state index in [1.54, 1.807) is 0 Å². The molecule has 1 fully saturated rings. The van der Waals surface area contributed by atoms with E-state index in [1.165, 1.54) is 0 Å². The first-order valence-corrected chi connectivity index (χ1v) is 2.91. The molecule has 1 heterocycles. The van der Waals surface area contributed by atoms with Crippen LogP contribution in [0.1, 0.15) is 0 Å². The van der Waals surface area contributed by atoms with Gasteiger partial charge in [0, 0.05) is 31.7 Å². The number of nitrogens with one attached hydrogen (secondary N) is 1. The quantitative estimate of drug-likeness (QED) is 0.392. The van der Waals surface area contributed by atoms with E-state index in [9.17, 15) is 0 Å². The molecular formula is C5H12N2O. The molecule has 0 radical (unpaired) electrons. The lowest BCUT2D eigenvalue weighted by Crippen LogP contribution is -2.30. The van der Waals surface area contributed by atoms with Crippen molar-refractivity contribution in [2.75, 3.05) is 19.7 Å². The van der Waals surface area contributed by atoms with Crippen LogP contribution in [0.2, 0.25) is 0 Å². The van der Waals surface area contributed by atoms with Gasteiger partial charge in [-0.2, -0.15) is 0 Å². The highest BCUT2D eigenvalue weighted by Gasteiger charge is 2.21. The molecule has 3 nitrogen and oxygen atoms in total. The standard InChI is InChI=1S/C5H12N2O/c6-5-2-7-1-4(5)3-8/h4-5,7-8H,1-3,6H2/t4?,5-/m1/s1. The minimum absolute atomic E-state index is 0.167. The predicted octanol–water partition coefficient (Wildman–Crippen LogP) is -1.47. The Bertz CT molecular complexity index is 76.8. The molecule has 0 aromatic heterocycles. The van der Waals surface area contributed by atoms with Crippen LogP contribution in [-0.4, -0.2) is 30.8 Å². The summed E-state index contributed by atoms with van der Waals surface area (Å²) in [5.41, 5.74) is 5.57. The van der Waals surface area contributed by atoms with Crippen LogP contribution in [0.4, 0.5) is 0 Å². The Morgan fingerprint density at radius 2 is 2.38 bits per heavy atom. The highest BCUT2D eigenvalue weighted by atomic mass is 16.3. The van der Waals surface area contributed by atoms with Gasteiger partial charge in [0.1, 0.15) is 0 Å². The van der Waals surface area contributed by atoms with Crippen molar-refractivity contribution in [1.82, 2.24) is 5.32 Å². The van der Waals surface area contributed by atoms with Crippen molar-refractivity contribution in [2.45, 2.75) is 6.04 Å². The maximum Gasteiger partial charge on any atom is 0.0486 e. The second-order valence-corrected chi connectivity index (χ2v) is 2.26. The molecule has 0 saturated carbocycles. The molecule has 48 valence electrons. The van der Waals surface area contributed by atoms with Crippen molar-refractivity contribution in [3.05, 3.63) is 0 Å². The van der Waals surface area contributed by atoms with Crippen LogP contribution in [0.15, 0.2) is 0 Å². The van der Waals surface area contributed by atoms with Crippen LogP contribution >= 0.6 is 0 Å². The third-order valence-electron chi connectivity index (χ3n) is 1.63. The molecule has 1 unspecified atom stereocenters. The fourth-order valence-electron chi connectivity index (χ4n) is 0.953. The van der Waals surface area contributed by atoms with E-state index >= 15 is 0 Å². The molecule has 1 aliphatic heterocycles. The molecule has 1 rings (SSSR count). The molecule has 1 saturated heterocycles. The van der Waals surface area contributed by atoms with Gasteiger partial charge >= 0.3 is 0 Å². The Balaban J connectivity index is 2.30. The largest absolute Gasteiger partial charge is 0.396 e. The maximum atomic E-state index is 8.62. The van der Waals surface area contributed by atoms with Crippen molar-refractivity contribution in [3.8, 4) is 0 Å². The van der Waals surface area contributed by atoms with Crippen LogP contribution < -0.4 is 11.1 Å². The molecular weight excluding hydrogens is 104 g/mol. The van der Waals surface area contributed by atoms with Crippen molar-refractivity contribution >= 4 is 0 Å². The molecule has 0 aliphatic carbocycles. The minimum atomic E-state index is 0.167. The van der Waals surface area contributed by atoms with Crippen molar-refractivity contribution in [3.63, 3.8) is 0 Å². The van der Waals surface area contributed by atoms with E-state index in [2.05, 4.69) is 5.32 Å². The third kappa shape index (κ3) is 0.992. The first kappa shape index (κ1) is 6.01. The molecule has 4 N–H and O–H groups in total.